The maximum atomic E-state index is 13.4. The van der Waals surface area contributed by atoms with Gasteiger partial charge in [-0.1, -0.05) is 50.2 Å². The highest BCUT2D eigenvalue weighted by Gasteiger charge is 2.40. The van der Waals surface area contributed by atoms with Crippen LogP contribution >= 0.6 is 0 Å². The molecule has 7 heteroatoms. The Bertz CT molecular complexity index is 1150. The lowest BCUT2D eigenvalue weighted by molar-refractivity contribution is -0.131. The summed E-state index contributed by atoms with van der Waals surface area (Å²) >= 11 is 0. The van der Waals surface area contributed by atoms with E-state index in [2.05, 4.69) is 11.2 Å². The van der Waals surface area contributed by atoms with Crippen molar-refractivity contribution in [2.24, 2.45) is 10.7 Å². The molecule has 2 aromatic carbocycles. The van der Waals surface area contributed by atoms with Gasteiger partial charge in [0.15, 0.2) is 5.96 Å². The third-order valence-electron chi connectivity index (χ3n) is 7.47. The molecule has 7 nitrogen and oxygen atoms in total. The lowest BCUT2D eigenvalue weighted by Crippen LogP contribution is -2.52. The molecule has 0 aliphatic carbocycles. The van der Waals surface area contributed by atoms with Gasteiger partial charge in [0.2, 0.25) is 5.91 Å². The maximum Gasteiger partial charge on any atom is 0.232 e. The first kappa shape index (κ1) is 25.7. The van der Waals surface area contributed by atoms with Crippen LogP contribution < -0.4 is 15.8 Å². The van der Waals surface area contributed by atoms with Crippen molar-refractivity contribution in [2.45, 2.75) is 76.2 Å². The highest BCUT2D eigenvalue weighted by atomic mass is 16.5. The second-order valence-electron chi connectivity index (χ2n) is 9.57. The number of guanidine groups is 1. The standard InChI is InChI=1S/C29H36N4O3/c1-4-7-14-24(33-26(34)19-29(5-2,6-3)32-28(33)30)20-11-10-12-21(18-20)27(35)31-23-16-17-36-25-15-9-8-13-22(23)25/h1,8-13,15,18,23-24,27,31,35H,5-7,14,16-17,19H2,2-3H3,(H2,30,32)/t23-,24?,27?/m1/s1. The molecule has 0 saturated carbocycles. The van der Waals surface area contributed by atoms with E-state index in [1.54, 1.807) is 4.90 Å². The largest absolute Gasteiger partial charge is 0.493 e. The molecule has 4 N–H and O–H groups in total. The minimum absolute atomic E-state index is 0.0338. The maximum absolute atomic E-state index is 13.4. The predicted molar refractivity (Wildman–Crippen MR) is 141 cm³/mol. The van der Waals surface area contributed by atoms with Crippen molar-refractivity contribution in [3.63, 3.8) is 0 Å². The molecule has 1 amide bonds. The summed E-state index contributed by atoms with van der Waals surface area (Å²) < 4.78 is 5.75. The van der Waals surface area contributed by atoms with E-state index in [0.717, 1.165) is 36.1 Å². The first-order valence-corrected chi connectivity index (χ1v) is 12.8. The minimum atomic E-state index is -0.898. The normalized spacial score (nSPS) is 20.5. The molecule has 0 bridgehead atoms. The van der Waals surface area contributed by atoms with Gasteiger partial charge in [0, 0.05) is 24.4 Å². The SMILES string of the molecule is C#CCCC(c1cccc(C(O)N[C@@H]2CCOc3ccccc32)c1)N1C(=O)CC(CC)(CC)N=C1N. The predicted octanol–water partition coefficient (Wildman–Crippen LogP) is 4.35. The number of nitrogens with two attached hydrogens (primary N) is 1. The van der Waals surface area contributed by atoms with Gasteiger partial charge < -0.3 is 15.6 Å². The molecule has 4 rings (SSSR count). The number of terminal acetylenes is 1. The van der Waals surface area contributed by atoms with Gasteiger partial charge in [0.05, 0.1) is 24.6 Å². The van der Waals surface area contributed by atoms with Crippen molar-refractivity contribution in [1.29, 1.82) is 0 Å². The van der Waals surface area contributed by atoms with Crippen LogP contribution in [0, 0.1) is 12.3 Å². The molecule has 0 spiro atoms. The van der Waals surface area contributed by atoms with E-state index < -0.39 is 11.8 Å². The van der Waals surface area contributed by atoms with Gasteiger partial charge in [-0.15, -0.1) is 12.3 Å². The number of carbonyl (C=O) groups is 1. The van der Waals surface area contributed by atoms with E-state index in [1.807, 2.05) is 62.4 Å². The van der Waals surface area contributed by atoms with Crippen LogP contribution in [-0.4, -0.2) is 34.0 Å². The van der Waals surface area contributed by atoms with Gasteiger partial charge in [0.1, 0.15) is 12.0 Å². The van der Waals surface area contributed by atoms with Crippen LogP contribution in [0.5, 0.6) is 5.75 Å². The van der Waals surface area contributed by atoms with Crippen LogP contribution in [0.3, 0.4) is 0 Å². The summed E-state index contributed by atoms with van der Waals surface area (Å²) in [6.45, 7) is 4.66. The molecule has 36 heavy (non-hydrogen) atoms. The Balaban J connectivity index is 1.60. The Kier molecular flexibility index (Phi) is 7.97. The highest BCUT2D eigenvalue weighted by Crippen LogP contribution is 2.36. The lowest BCUT2D eigenvalue weighted by Gasteiger charge is -2.40. The van der Waals surface area contributed by atoms with Gasteiger partial charge >= 0.3 is 0 Å². The quantitative estimate of drug-likeness (QED) is 0.360. The second-order valence-corrected chi connectivity index (χ2v) is 9.57. The van der Waals surface area contributed by atoms with E-state index in [9.17, 15) is 9.90 Å². The Morgan fingerprint density at radius 1 is 1.25 bits per heavy atom. The molecule has 2 aliphatic heterocycles. The van der Waals surface area contributed by atoms with Crippen molar-refractivity contribution >= 4 is 11.9 Å². The third-order valence-corrected chi connectivity index (χ3v) is 7.47. The molecule has 2 aromatic rings. The zero-order chi connectivity index (χ0) is 25.7. The number of aliphatic hydroxyl groups is 1. The number of nitrogens with one attached hydrogen (secondary N) is 1. The number of aliphatic hydroxyl groups excluding tert-OH is 1. The van der Waals surface area contributed by atoms with Gasteiger partial charge in [-0.3, -0.25) is 15.0 Å². The Hall–Kier alpha value is -3.34. The number of rotatable bonds is 9. The first-order chi connectivity index (χ1) is 17.4. The van der Waals surface area contributed by atoms with Gasteiger partial charge in [-0.25, -0.2) is 4.99 Å². The number of benzene rings is 2. The zero-order valence-corrected chi connectivity index (χ0v) is 21.1. The van der Waals surface area contributed by atoms with Crippen LogP contribution in [0.2, 0.25) is 0 Å². The van der Waals surface area contributed by atoms with Crippen molar-refractivity contribution in [1.82, 2.24) is 10.2 Å². The smallest absolute Gasteiger partial charge is 0.232 e. The van der Waals surface area contributed by atoms with E-state index in [4.69, 9.17) is 21.9 Å². The van der Waals surface area contributed by atoms with Gasteiger partial charge in [0.25, 0.3) is 0 Å². The zero-order valence-electron chi connectivity index (χ0n) is 21.1. The molecule has 2 heterocycles. The average Bonchev–Trinajstić information content (AvgIpc) is 2.90. The van der Waals surface area contributed by atoms with Crippen LogP contribution in [-0.2, 0) is 4.79 Å². The fourth-order valence-corrected chi connectivity index (χ4v) is 5.23. The van der Waals surface area contributed by atoms with E-state index in [-0.39, 0.29) is 24.0 Å². The summed E-state index contributed by atoms with van der Waals surface area (Å²) in [5.74, 6) is 3.71. The Morgan fingerprint density at radius 2 is 2.00 bits per heavy atom. The molecule has 0 radical (unpaired) electrons. The number of nitrogens with zero attached hydrogens (tertiary/aromatic N) is 2. The molecule has 2 unspecified atom stereocenters. The van der Waals surface area contributed by atoms with Gasteiger partial charge in [-0.05, 0) is 42.5 Å². The molecular formula is C29H36N4O3. The van der Waals surface area contributed by atoms with Crippen LogP contribution in [0.15, 0.2) is 53.5 Å². The number of hydrogen-bond donors (Lipinski definition) is 3. The number of hydrogen-bond acceptors (Lipinski definition) is 6. The van der Waals surface area contributed by atoms with Crippen LogP contribution in [0.4, 0.5) is 0 Å². The number of ether oxygens (including phenoxy) is 1. The molecule has 2 aliphatic rings. The molecular weight excluding hydrogens is 452 g/mol. The summed E-state index contributed by atoms with van der Waals surface area (Å²) in [6, 6.07) is 15.1. The van der Waals surface area contributed by atoms with E-state index >= 15 is 0 Å². The lowest BCUT2D eigenvalue weighted by atomic mass is 9.87. The minimum Gasteiger partial charge on any atom is -0.493 e. The number of carbonyl (C=O) groups excluding carboxylic acids is 1. The monoisotopic (exact) mass is 488 g/mol. The van der Waals surface area contributed by atoms with Crippen LogP contribution in [0.25, 0.3) is 0 Å². The number of fused-ring (bicyclic) bond motifs is 1. The number of aliphatic imine (C=N–C) groups is 1. The van der Waals surface area contributed by atoms with Crippen molar-refractivity contribution in [3.05, 3.63) is 65.2 Å². The molecule has 0 saturated heterocycles. The summed E-state index contributed by atoms with van der Waals surface area (Å²) in [5.41, 5.74) is 8.56. The topological polar surface area (TPSA) is 100 Å². The highest BCUT2D eigenvalue weighted by molar-refractivity contribution is 5.99. The first-order valence-electron chi connectivity index (χ1n) is 12.8. The molecule has 0 aromatic heterocycles. The molecule has 3 atom stereocenters. The summed E-state index contributed by atoms with van der Waals surface area (Å²) in [7, 11) is 0. The third kappa shape index (κ3) is 5.25. The van der Waals surface area contributed by atoms with E-state index in [0.29, 0.717) is 31.4 Å². The van der Waals surface area contributed by atoms with Crippen molar-refractivity contribution in [2.75, 3.05) is 6.61 Å². The second kappa shape index (κ2) is 11.2. The van der Waals surface area contributed by atoms with Crippen LogP contribution in [0.1, 0.15) is 87.4 Å². The summed E-state index contributed by atoms with van der Waals surface area (Å²) in [5, 5.41) is 14.5. The average molecular weight is 489 g/mol. The summed E-state index contributed by atoms with van der Waals surface area (Å²) in [6.07, 6.45) is 8.30. The number of amides is 1. The van der Waals surface area contributed by atoms with Crippen molar-refractivity contribution in [3.8, 4) is 18.1 Å². The summed E-state index contributed by atoms with van der Waals surface area (Å²) in [4.78, 5) is 19.7. The number of para-hydroxylation sites is 1. The molecule has 190 valence electrons. The van der Waals surface area contributed by atoms with Gasteiger partial charge in [-0.2, -0.15) is 0 Å². The fraction of sp³-hybridized carbons (Fsp3) is 0.448. The molecule has 0 fully saturated rings. The fourth-order valence-electron chi connectivity index (χ4n) is 5.23. The Morgan fingerprint density at radius 3 is 2.72 bits per heavy atom. The van der Waals surface area contributed by atoms with E-state index in [1.165, 1.54) is 0 Å². The Labute approximate surface area is 213 Å². The van der Waals surface area contributed by atoms with Crippen molar-refractivity contribution < 1.29 is 14.6 Å².